The zero-order valence-electron chi connectivity index (χ0n) is 95.0. The van der Waals surface area contributed by atoms with Crippen molar-refractivity contribution in [1.29, 1.82) is 0 Å². The van der Waals surface area contributed by atoms with Crippen LogP contribution >= 0.6 is 0 Å². The van der Waals surface area contributed by atoms with Gasteiger partial charge in [-0.3, -0.25) is 47.9 Å². The summed E-state index contributed by atoms with van der Waals surface area (Å²) in [4.78, 5) is 136. The predicted molar refractivity (Wildman–Crippen MR) is 557 cm³/mol. The molecule has 16 aliphatic carbocycles. The maximum Gasteiger partial charge on any atom is 0.206 e. The Labute approximate surface area is 882 Å². The fourth-order valence-corrected chi connectivity index (χ4v) is 36.6. The van der Waals surface area contributed by atoms with Gasteiger partial charge in [-0.25, -0.2) is 0 Å². The van der Waals surface area contributed by atoms with Crippen molar-refractivity contribution in [1.82, 2.24) is 0 Å². The van der Waals surface area contributed by atoms with Crippen LogP contribution in [0.15, 0.2) is 70.6 Å². The molecule has 149 heavy (non-hydrogen) atoms. The average Bonchev–Trinajstić information content (AvgIpc) is 1.55. The van der Waals surface area contributed by atoms with E-state index in [1.165, 1.54) is 73.6 Å². The molecular formula is C120H184O29. The van der Waals surface area contributed by atoms with Crippen LogP contribution < -0.4 is 0 Å². The van der Waals surface area contributed by atoms with Gasteiger partial charge in [0.1, 0.15) is 51.6 Å². The molecule has 0 aromatic rings. The Bertz CT molecular complexity index is 5580. The van der Waals surface area contributed by atoms with E-state index in [2.05, 4.69) is 39.0 Å². The lowest BCUT2D eigenvalue weighted by Gasteiger charge is -2.65. The first kappa shape index (κ1) is 120. The molecule has 0 spiro atoms. The Hall–Kier alpha value is -5.78. The fraction of sp³-hybridized carbons (Fsp3) is 0.817. The Kier molecular flexibility index (Phi) is 30.0. The molecule has 29 nitrogen and oxygen atoms in total. The van der Waals surface area contributed by atoms with Crippen molar-refractivity contribution in [2.45, 2.75) is 456 Å². The van der Waals surface area contributed by atoms with E-state index >= 15 is 0 Å². The van der Waals surface area contributed by atoms with Gasteiger partial charge < -0.3 is 97.0 Å². The summed E-state index contributed by atoms with van der Waals surface area (Å²) in [5, 5.41) is 207. The second-order valence-corrected chi connectivity index (χ2v) is 58.2. The van der Waals surface area contributed by atoms with Crippen molar-refractivity contribution in [3.63, 3.8) is 0 Å². The van der Waals surface area contributed by atoms with E-state index in [4.69, 9.17) is 0 Å². The first-order valence-corrected chi connectivity index (χ1v) is 54.9. The maximum absolute atomic E-state index is 14.2. The number of aliphatic hydroxyl groups excluding tert-OH is 11. The van der Waals surface area contributed by atoms with E-state index in [1.54, 1.807) is 41.5 Å². The fourth-order valence-electron chi connectivity index (χ4n) is 36.6. The zero-order valence-corrected chi connectivity index (χ0v) is 95.0. The van der Waals surface area contributed by atoms with E-state index in [0.717, 1.165) is 22.3 Å². The third-order valence-corrected chi connectivity index (χ3v) is 46.1. The second kappa shape index (κ2) is 37.2. The first-order chi connectivity index (χ1) is 67.0. The van der Waals surface area contributed by atoms with Crippen LogP contribution in [0.25, 0.3) is 0 Å². The molecule has 38 atom stereocenters. The molecule has 19 N–H and O–H groups in total. The summed E-state index contributed by atoms with van der Waals surface area (Å²) in [6.45, 7) is 56.6. The van der Waals surface area contributed by atoms with E-state index < -0.39 is 252 Å². The van der Waals surface area contributed by atoms with Crippen LogP contribution in [0, 0.1) is 158 Å². The van der Waals surface area contributed by atoms with Gasteiger partial charge in [0.15, 0.2) is 34.7 Å². The highest BCUT2D eigenvalue weighted by Gasteiger charge is 2.81. The number of Topliss-reactive ketones (excluding diaryl/α,β-unsaturated/α-hetero) is 9. The molecule has 1 unspecified atom stereocenters. The maximum atomic E-state index is 14.2. The van der Waals surface area contributed by atoms with Gasteiger partial charge in [-0.1, -0.05) is 163 Å². The van der Waals surface area contributed by atoms with Crippen LogP contribution in [0.1, 0.15) is 350 Å². The Morgan fingerprint density at radius 3 is 0.973 bits per heavy atom. The highest BCUT2D eigenvalue weighted by molar-refractivity contribution is 6.03. The van der Waals surface area contributed by atoms with Crippen molar-refractivity contribution in [3.8, 4) is 0 Å². The molecule has 0 bridgehead atoms. The third kappa shape index (κ3) is 17.6. The monoisotopic (exact) mass is 2090 g/mol. The van der Waals surface area contributed by atoms with Crippen molar-refractivity contribution >= 4 is 57.8 Å². The highest BCUT2D eigenvalue weighted by atomic mass is 16.4. The molecule has 0 radical (unpaired) electrons. The Morgan fingerprint density at radius 1 is 0.369 bits per heavy atom. The quantitative estimate of drug-likeness (QED) is 0.0422. The van der Waals surface area contributed by atoms with Gasteiger partial charge in [-0.15, -0.1) is 0 Å². The number of carbonyl (C=O) groups is 10. The van der Waals surface area contributed by atoms with Gasteiger partial charge in [-0.2, -0.15) is 0 Å². The molecule has 16 aliphatic rings. The Balaban J connectivity index is 0.000000166. The largest absolute Gasteiger partial charge is 0.505 e. The molecule has 0 aromatic heterocycles. The predicted octanol–water partition coefficient (Wildman–Crippen LogP) is 11.6. The number of carbonyl (C=O) groups excluding carboxylic acids is 10. The van der Waals surface area contributed by atoms with Gasteiger partial charge in [-0.05, 0) is 291 Å². The molecule has 0 aliphatic heterocycles. The smallest absolute Gasteiger partial charge is 0.206 e. The number of hydrogen-bond acceptors (Lipinski definition) is 29. The van der Waals surface area contributed by atoms with Gasteiger partial charge in [0.25, 0.3) is 0 Å². The minimum absolute atomic E-state index is 0.00244. The molecule has 0 heterocycles. The van der Waals surface area contributed by atoms with Crippen LogP contribution in [0.3, 0.4) is 0 Å². The molecule has 0 saturated heterocycles. The van der Waals surface area contributed by atoms with Crippen LogP contribution in [0.4, 0.5) is 0 Å². The van der Waals surface area contributed by atoms with Gasteiger partial charge in [0.05, 0.1) is 82.8 Å². The highest BCUT2D eigenvalue weighted by Crippen LogP contribution is 2.81. The summed E-state index contributed by atoms with van der Waals surface area (Å²) in [5.41, 5.74) is -21.2. The van der Waals surface area contributed by atoms with E-state index in [0.29, 0.717) is 57.8 Å². The van der Waals surface area contributed by atoms with Gasteiger partial charge in [0, 0.05) is 112 Å². The standard InChI is InChI=1S/C30H44O8.C30H48O7.2C30H46O7/c1-25(2)15-9-10-19-27(5)13-18(32)23(30(8,38)21(34)12-20(33)26(3,4)37)28(27,6)14-22(35)29(19,7)16(15)11-17(31)24(25)36;3*1-25(2,36)12-11-21(33)30(8,37)23-19(32)14-27(5)20-10-9-16-17(13-18(31)24(35)26(16,3)4)29(20,7)22(34)15-28(23,27)6/h9,11,16,18-20,23,31-33,37-38H,10,12-14H2,1-8H3;9,17-20,23-24,31-32,35-37H,10-15H2,1-8H3;9,17-20,23,31-32,36-37H,10-15H2,1-8H3;9,11-12,17-20,23-24,31-32,35-37H,10,13-15H2,1-8H3/b;;;12-11+/t16-,18-,19+,20?,23+,27+,28-,29+,30+;17-,18-,19-,20+,23+,24-,27+,28-,29+,30+;17-,18+,19-,20+,23+,27+,28-,29+,30+;17-,18-,19-,20+,23+,24-,27+,28-,29+,30+/m1111/s1. The minimum atomic E-state index is -2.06. The van der Waals surface area contributed by atoms with E-state index in [1.807, 2.05) is 110 Å². The Morgan fingerprint density at radius 2 is 0.658 bits per heavy atom. The summed E-state index contributed by atoms with van der Waals surface area (Å²) < 4.78 is 0. The average molecular weight is 2090 g/mol. The minimum Gasteiger partial charge on any atom is -0.505 e. The topological polar surface area (TPSA) is 555 Å². The third-order valence-electron chi connectivity index (χ3n) is 46.1. The molecule has 838 valence electrons. The van der Waals surface area contributed by atoms with Gasteiger partial charge >= 0.3 is 0 Å². The lowest BCUT2D eigenvalue weighted by atomic mass is 9.38. The van der Waals surface area contributed by atoms with Crippen LogP contribution in [-0.2, 0) is 47.9 Å². The number of ketones is 10. The van der Waals surface area contributed by atoms with Crippen LogP contribution in [0.2, 0.25) is 0 Å². The normalized spacial score (nSPS) is 45.4. The lowest BCUT2D eigenvalue weighted by Crippen LogP contribution is -2.65. The number of aliphatic hydroxyl groups is 19. The molecule has 29 heteroatoms. The lowest BCUT2D eigenvalue weighted by molar-refractivity contribution is -0.188. The second-order valence-electron chi connectivity index (χ2n) is 58.2. The van der Waals surface area contributed by atoms with Crippen LogP contribution in [-0.4, -0.2) is 261 Å². The SMILES string of the molecule is CC(C)(O)/C=C/C(=O)[C@](C)(O)[C@H]1[C@H](O)C[C@@]2(C)[C@@H]3CC=C4[C@@H](C[C@@H](O)[C@@H](O)C4(C)C)[C@]3(C)C(=O)C[C@]12C.CC(C)(O)CCC(=O)[C@](C)(O)[C@H]1[C@H](O)C[C@@]2(C)[C@@H]3CC=C4[C@@H](C[C@@H](O)[C@@H](O)C4(C)C)[C@]3(C)C(=O)C[C@]12C.CC(C)(O)CCC(=O)[C@](C)(O)[C@H]1[C@H](O)C[C@@]2(C)[C@@H]3CC=C4[C@@H](C[C@H](O)C(=O)C4(C)C)[C@]3(C)C(=O)C[C@]12C.CC1(C)C(=O)C(O)=C[C@@H]2C1=CC[C@@H]1[C@@]2(C)C(=O)C[C@]2(C)[C@@H]([C@@](C)(O)C(=O)CC(O)C(C)(C)O)[C@H](O)C[C@@]12C. The van der Waals surface area contributed by atoms with Crippen molar-refractivity contribution in [2.75, 3.05) is 0 Å². The number of fused-ring (bicyclic) bond motifs is 20. The molecule has 0 amide bonds. The molecule has 0 aromatic carbocycles. The first-order valence-electron chi connectivity index (χ1n) is 54.9. The number of rotatable bonds is 19. The zero-order chi connectivity index (χ0) is 113. The van der Waals surface area contributed by atoms with Crippen molar-refractivity contribution in [3.05, 3.63) is 70.6 Å². The molecule has 16 rings (SSSR count). The summed E-state index contributed by atoms with van der Waals surface area (Å²) in [6.07, 6.45) is 6.59. The van der Waals surface area contributed by atoms with Gasteiger partial charge in [0.2, 0.25) is 5.78 Å². The van der Waals surface area contributed by atoms with Crippen molar-refractivity contribution < 1.29 is 145 Å². The molecule has 11 fully saturated rings. The van der Waals surface area contributed by atoms with Crippen molar-refractivity contribution in [2.24, 2.45) is 158 Å². The van der Waals surface area contributed by atoms with E-state index in [9.17, 15) is 145 Å². The summed E-state index contributed by atoms with van der Waals surface area (Å²) in [5.74, 6) is -8.68. The van der Waals surface area contributed by atoms with Crippen LogP contribution in [0.5, 0.6) is 0 Å². The summed E-state index contributed by atoms with van der Waals surface area (Å²) >= 11 is 0. The molecular weight excluding hydrogens is 1910 g/mol. The summed E-state index contributed by atoms with van der Waals surface area (Å²) in [7, 11) is 0. The molecule has 11 saturated carbocycles. The number of allylic oxidation sites excluding steroid dienone is 8. The van der Waals surface area contributed by atoms with E-state index in [-0.39, 0.29) is 146 Å². The summed E-state index contributed by atoms with van der Waals surface area (Å²) in [6, 6.07) is 0. The number of hydrogen-bond donors (Lipinski definition) is 19.